The fourth-order valence-electron chi connectivity index (χ4n) is 0.322. The molecule has 0 unspecified atom stereocenters. The first-order valence-corrected chi connectivity index (χ1v) is 2.39. The molecule has 0 N–H and O–H groups in total. The lowest BCUT2D eigenvalue weighted by Gasteiger charge is -1.84. The van der Waals surface area contributed by atoms with Crippen LogP contribution in [0.4, 0.5) is 0 Å². The van der Waals surface area contributed by atoms with Crippen molar-refractivity contribution in [1.29, 1.82) is 0 Å². The Morgan fingerprint density at radius 3 is 2.50 bits per heavy atom. The van der Waals surface area contributed by atoms with Crippen LogP contribution in [-0.4, -0.2) is 15.1 Å². The molecule has 0 aliphatic carbocycles. The second kappa shape index (κ2) is 5.13. The van der Waals surface area contributed by atoms with Gasteiger partial charge in [0.1, 0.15) is 7.28 Å². The maximum atomic E-state index is 5.19. The van der Waals surface area contributed by atoms with Crippen LogP contribution in [-0.2, 0) is 0 Å². The molecule has 0 amide bonds. The highest BCUT2D eigenvalue weighted by molar-refractivity contribution is 6.33. The average Bonchev–Trinajstić information content (AvgIpc) is 1.61. The molecule has 3 radical (unpaired) electrons. The SMILES string of the molecule is [B]CCC[B]C. The summed E-state index contributed by atoms with van der Waals surface area (Å²) in [5.74, 6) is 0. The molecular weight excluding hydrogens is 69.7 g/mol. The van der Waals surface area contributed by atoms with Gasteiger partial charge in [-0.15, -0.1) is 0 Å². The Bertz CT molecular complexity index is 17.5. The molecule has 0 aromatic rings. The second-order valence-electron chi connectivity index (χ2n) is 1.34. The van der Waals surface area contributed by atoms with E-state index in [1.807, 2.05) is 0 Å². The van der Waals surface area contributed by atoms with Crippen LogP contribution < -0.4 is 0 Å². The fourth-order valence-corrected chi connectivity index (χ4v) is 0.322. The van der Waals surface area contributed by atoms with Crippen molar-refractivity contribution in [2.24, 2.45) is 0 Å². The zero-order valence-electron chi connectivity index (χ0n) is 4.28. The lowest BCUT2D eigenvalue weighted by Crippen LogP contribution is -1.78. The molecule has 0 fully saturated rings. The van der Waals surface area contributed by atoms with E-state index in [0.29, 0.717) is 0 Å². The van der Waals surface area contributed by atoms with E-state index in [0.717, 1.165) is 19.1 Å². The van der Waals surface area contributed by atoms with Crippen molar-refractivity contribution in [3.63, 3.8) is 0 Å². The second-order valence-corrected chi connectivity index (χ2v) is 1.34. The zero-order valence-corrected chi connectivity index (χ0v) is 4.28. The maximum Gasteiger partial charge on any atom is 0.105 e. The number of hydrogen-bond acceptors (Lipinski definition) is 0. The summed E-state index contributed by atoms with van der Waals surface area (Å²) >= 11 is 0. The van der Waals surface area contributed by atoms with Crippen LogP contribution in [0.15, 0.2) is 0 Å². The summed E-state index contributed by atoms with van der Waals surface area (Å²) in [5, 5.41) is 0. The molecule has 0 saturated heterocycles. The Balaban J connectivity index is 2.34. The quantitative estimate of drug-likeness (QED) is 0.351. The van der Waals surface area contributed by atoms with Gasteiger partial charge in [0.15, 0.2) is 0 Å². The topological polar surface area (TPSA) is 0 Å². The standard InChI is InChI=1S/C4H9B2/c1-6-4-2-3-5/h2-4H2,1H3. The van der Waals surface area contributed by atoms with Gasteiger partial charge in [-0.2, -0.15) is 0 Å². The number of rotatable bonds is 3. The molecule has 0 aliphatic heterocycles. The van der Waals surface area contributed by atoms with Crippen LogP contribution in [0.1, 0.15) is 6.42 Å². The zero-order chi connectivity index (χ0) is 4.83. The molecular formula is C4H9B2. The van der Waals surface area contributed by atoms with Gasteiger partial charge in [-0.1, -0.05) is 25.9 Å². The number of hydrogen-bond donors (Lipinski definition) is 0. The fraction of sp³-hybridized carbons (Fsp3) is 1.00. The van der Waals surface area contributed by atoms with E-state index in [1.54, 1.807) is 0 Å². The molecule has 0 bridgehead atoms. The molecule has 0 aromatic heterocycles. The molecule has 0 aromatic carbocycles. The first-order chi connectivity index (χ1) is 2.91. The van der Waals surface area contributed by atoms with E-state index in [9.17, 15) is 0 Å². The van der Waals surface area contributed by atoms with Crippen molar-refractivity contribution in [3.05, 3.63) is 0 Å². The summed E-state index contributed by atoms with van der Waals surface area (Å²) in [5.41, 5.74) is 0. The van der Waals surface area contributed by atoms with E-state index < -0.39 is 0 Å². The van der Waals surface area contributed by atoms with Crippen molar-refractivity contribution < 1.29 is 0 Å². The third-order valence-electron chi connectivity index (χ3n) is 0.697. The monoisotopic (exact) mass is 79.1 g/mol. The first-order valence-electron chi connectivity index (χ1n) is 2.39. The molecule has 0 spiro atoms. The highest BCUT2D eigenvalue weighted by atomic mass is 13.6. The molecule has 0 rings (SSSR count). The molecule has 0 saturated carbocycles. The lowest BCUT2D eigenvalue weighted by atomic mass is 9.75. The van der Waals surface area contributed by atoms with E-state index in [4.69, 9.17) is 7.85 Å². The van der Waals surface area contributed by atoms with Gasteiger partial charge in [-0.3, -0.25) is 0 Å². The maximum absolute atomic E-state index is 5.19. The molecule has 0 aliphatic rings. The van der Waals surface area contributed by atoms with Crippen LogP contribution in [0, 0.1) is 0 Å². The lowest BCUT2D eigenvalue weighted by molar-refractivity contribution is 1.07. The van der Waals surface area contributed by atoms with Gasteiger partial charge in [0.2, 0.25) is 0 Å². The van der Waals surface area contributed by atoms with Crippen LogP contribution >= 0.6 is 0 Å². The van der Waals surface area contributed by atoms with Gasteiger partial charge >= 0.3 is 0 Å². The smallest absolute Gasteiger partial charge is 0.0920 e. The Hall–Kier alpha value is 0.130. The molecule has 2 heteroatoms. The van der Waals surface area contributed by atoms with E-state index in [1.165, 1.54) is 0 Å². The highest BCUT2D eigenvalue weighted by Crippen LogP contribution is 1.89. The summed E-state index contributed by atoms with van der Waals surface area (Å²) in [4.78, 5) is 0. The van der Waals surface area contributed by atoms with Gasteiger partial charge in [0.05, 0.1) is 7.85 Å². The van der Waals surface area contributed by atoms with Crippen LogP contribution in [0.3, 0.4) is 0 Å². The third kappa shape index (κ3) is 4.13. The molecule has 0 nitrogen and oxygen atoms in total. The Morgan fingerprint density at radius 2 is 2.33 bits per heavy atom. The molecule has 6 heavy (non-hydrogen) atoms. The summed E-state index contributed by atoms with van der Waals surface area (Å²) in [6, 6.07) is 0. The van der Waals surface area contributed by atoms with Gasteiger partial charge in [0.25, 0.3) is 0 Å². The average molecular weight is 78.7 g/mol. The minimum absolute atomic E-state index is 0.824. The van der Waals surface area contributed by atoms with Crippen LogP contribution in [0.5, 0.6) is 0 Å². The third-order valence-corrected chi connectivity index (χ3v) is 0.697. The summed E-state index contributed by atoms with van der Waals surface area (Å²) < 4.78 is 0. The summed E-state index contributed by atoms with van der Waals surface area (Å²) in [6.45, 7) is 2.05. The minimum Gasteiger partial charge on any atom is -0.0920 e. The molecule has 31 valence electrons. The normalized spacial score (nSPS) is 8.17. The predicted molar refractivity (Wildman–Crippen MR) is 31.6 cm³/mol. The van der Waals surface area contributed by atoms with E-state index in [2.05, 4.69) is 14.1 Å². The largest absolute Gasteiger partial charge is 0.105 e. The van der Waals surface area contributed by atoms with E-state index >= 15 is 0 Å². The van der Waals surface area contributed by atoms with Crippen molar-refractivity contribution in [2.45, 2.75) is 25.9 Å². The molecule has 0 heterocycles. The van der Waals surface area contributed by atoms with E-state index in [-0.39, 0.29) is 0 Å². The Labute approximate surface area is 42.0 Å². The Morgan fingerprint density at radius 1 is 1.67 bits per heavy atom. The highest BCUT2D eigenvalue weighted by Gasteiger charge is 1.77. The molecule has 0 atom stereocenters. The summed E-state index contributed by atoms with van der Waals surface area (Å²) in [7, 11) is 7.33. The van der Waals surface area contributed by atoms with Crippen molar-refractivity contribution >= 4 is 15.1 Å². The van der Waals surface area contributed by atoms with Crippen LogP contribution in [0.2, 0.25) is 19.5 Å². The van der Waals surface area contributed by atoms with Crippen molar-refractivity contribution in [1.82, 2.24) is 0 Å². The van der Waals surface area contributed by atoms with Crippen molar-refractivity contribution in [2.75, 3.05) is 0 Å². The summed E-state index contributed by atoms with van der Waals surface area (Å²) in [6.07, 6.45) is 3.12. The first kappa shape index (κ1) is 6.13. The van der Waals surface area contributed by atoms with Gasteiger partial charge < -0.3 is 0 Å². The van der Waals surface area contributed by atoms with Gasteiger partial charge in [0, 0.05) is 0 Å². The van der Waals surface area contributed by atoms with Gasteiger partial charge in [-0.25, -0.2) is 0 Å². The minimum atomic E-state index is 0.824. The van der Waals surface area contributed by atoms with Crippen LogP contribution in [0.25, 0.3) is 0 Å². The Kier molecular flexibility index (Phi) is 5.24. The van der Waals surface area contributed by atoms with Gasteiger partial charge in [-0.05, 0) is 0 Å². The predicted octanol–water partition coefficient (Wildman–Crippen LogP) is 1.13. The van der Waals surface area contributed by atoms with Crippen molar-refractivity contribution in [3.8, 4) is 0 Å².